The first kappa shape index (κ1) is 12.6. The molecular formula is C15H19N3S. The molecule has 1 atom stereocenters. The first-order valence-corrected chi connectivity index (χ1v) is 7.58. The molecule has 2 aromatic rings. The van der Waals surface area contributed by atoms with Gasteiger partial charge in [0.15, 0.2) is 0 Å². The Balaban J connectivity index is 1.81. The molecule has 2 aromatic heterocycles. The second-order valence-electron chi connectivity index (χ2n) is 5.26. The first-order chi connectivity index (χ1) is 9.24. The Morgan fingerprint density at radius 2 is 2.26 bits per heavy atom. The minimum absolute atomic E-state index is 0.665. The van der Waals surface area contributed by atoms with Crippen molar-refractivity contribution in [1.82, 2.24) is 9.88 Å². The van der Waals surface area contributed by atoms with Gasteiger partial charge in [0, 0.05) is 42.0 Å². The molecule has 0 spiro atoms. The minimum atomic E-state index is 0.665. The molecule has 0 bridgehead atoms. The summed E-state index contributed by atoms with van der Waals surface area (Å²) in [5, 5.41) is 4.25. The molecule has 3 rings (SSSR count). The third-order valence-electron chi connectivity index (χ3n) is 3.82. The average Bonchev–Trinajstić information content (AvgIpc) is 3.10. The Kier molecular flexibility index (Phi) is 3.53. The summed E-state index contributed by atoms with van der Waals surface area (Å²) < 4.78 is 0. The van der Waals surface area contributed by atoms with Crippen molar-refractivity contribution in [1.29, 1.82) is 0 Å². The summed E-state index contributed by atoms with van der Waals surface area (Å²) in [7, 11) is 4.33. The van der Waals surface area contributed by atoms with Gasteiger partial charge in [-0.2, -0.15) is 11.3 Å². The van der Waals surface area contributed by atoms with Crippen LogP contribution in [0.4, 0.5) is 5.69 Å². The molecule has 0 saturated carbocycles. The van der Waals surface area contributed by atoms with Gasteiger partial charge in [0.1, 0.15) is 0 Å². The molecule has 0 aromatic carbocycles. The number of thiophene rings is 1. The van der Waals surface area contributed by atoms with E-state index in [-0.39, 0.29) is 0 Å². The maximum atomic E-state index is 4.48. The maximum Gasteiger partial charge on any atom is 0.0730 e. The van der Waals surface area contributed by atoms with Crippen molar-refractivity contribution in [2.75, 3.05) is 32.1 Å². The van der Waals surface area contributed by atoms with Gasteiger partial charge < -0.3 is 9.80 Å². The lowest BCUT2D eigenvalue weighted by Gasteiger charge is -2.22. The minimum Gasteiger partial charge on any atom is -0.370 e. The molecule has 19 heavy (non-hydrogen) atoms. The summed E-state index contributed by atoms with van der Waals surface area (Å²) >= 11 is 1.72. The van der Waals surface area contributed by atoms with E-state index in [1.807, 2.05) is 6.20 Å². The summed E-state index contributed by atoms with van der Waals surface area (Å²) in [6.07, 6.45) is 3.16. The molecule has 3 nitrogen and oxygen atoms in total. The van der Waals surface area contributed by atoms with Gasteiger partial charge in [0.25, 0.3) is 0 Å². The second kappa shape index (κ2) is 5.31. The summed E-state index contributed by atoms with van der Waals surface area (Å²) in [6.45, 7) is 2.25. The van der Waals surface area contributed by atoms with E-state index in [1.165, 1.54) is 17.7 Å². The monoisotopic (exact) mass is 273 g/mol. The van der Waals surface area contributed by atoms with E-state index >= 15 is 0 Å². The lowest BCUT2D eigenvalue weighted by molar-refractivity contribution is 0.315. The predicted octanol–water partition coefficient (Wildman–Crippen LogP) is 2.95. The van der Waals surface area contributed by atoms with Gasteiger partial charge in [-0.25, -0.2) is 0 Å². The van der Waals surface area contributed by atoms with E-state index in [0.29, 0.717) is 6.04 Å². The highest BCUT2D eigenvalue weighted by atomic mass is 32.1. The van der Waals surface area contributed by atoms with Gasteiger partial charge in [0.2, 0.25) is 0 Å². The summed E-state index contributed by atoms with van der Waals surface area (Å²) in [5.74, 6) is 0. The Morgan fingerprint density at radius 3 is 2.95 bits per heavy atom. The van der Waals surface area contributed by atoms with Crippen LogP contribution in [0.1, 0.15) is 6.42 Å². The van der Waals surface area contributed by atoms with Crippen LogP contribution in [0.2, 0.25) is 0 Å². The number of pyridine rings is 1. The van der Waals surface area contributed by atoms with Crippen LogP contribution in [-0.2, 0) is 0 Å². The van der Waals surface area contributed by atoms with Gasteiger partial charge in [-0.05, 0) is 44.1 Å². The molecule has 4 heteroatoms. The van der Waals surface area contributed by atoms with Crippen LogP contribution in [0, 0.1) is 0 Å². The molecule has 3 heterocycles. The Bertz CT molecular complexity index is 536. The zero-order valence-corrected chi connectivity index (χ0v) is 12.2. The third kappa shape index (κ3) is 2.65. The molecule has 0 amide bonds. The van der Waals surface area contributed by atoms with Crippen LogP contribution < -0.4 is 4.90 Å². The van der Waals surface area contributed by atoms with E-state index in [0.717, 1.165) is 18.8 Å². The lowest BCUT2D eigenvalue weighted by Crippen LogP contribution is -2.31. The van der Waals surface area contributed by atoms with Gasteiger partial charge in [-0.1, -0.05) is 0 Å². The zero-order valence-electron chi connectivity index (χ0n) is 11.4. The van der Waals surface area contributed by atoms with Crippen LogP contribution in [0.15, 0.2) is 35.2 Å². The predicted molar refractivity (Wildman–Crippen MR) is 81.9 cm³/mol. The molecule has 1 fully saturated rings. The Morgan fingerprint density at radius 1 is 1.37 bits per heavy atom. The molecule has 1 aliphatic rings. The number of hydrogen-bond donors (Lipinski definition) is 0. The zero-order chi connectivity index (χ0) is 13.2. The molecule has 1 saturated heterocycles. The summed E-state index contributed by atoms with van der Waals surface area (Å²) in [5.41, 5.74) is 3.59. The van der Waals surface area contributed by atoms with Gasteiger partial charge in [0.05, 0.1) is 5.69 Å². The Labute approximate surface area is 118 Å². The first-order valence-electron chi connectivity index (χ1n) is 6.64. The van der Waals surface area contributed by atoms with Crippen molar-refractivity contribution < 1.29 is 0 Å². The van der Waals surface area contributed by atoms with E-state index in [2.05, 4.69) is 57.8 Å². The van der Waals surface area contributed by atoms with Gasteiger partial charge in [-0.3, -0.25) is 4.98 Å². The quantitative estimate of drug-likeness (QED) is 0.857. The van der Waals surface area contributed by atoms with Crippen molar-refractivity contribution >= 4 is 17.0 Å². The van der Waals surface area contributed by atoms with Crippen molar-refractivity contribution in [2.24, 2.45) is 0 Å². The highest BCUT2D eigenvalue weighted by Gasteiger charge is 2.24. The lowest BCUT2D eigenvalue weighted by atomic mass is 10.2. The number of nitrogens with zero attached hydrogens (tertiary/aromatic N) is 3. The van der Waals surface area contributed by atoms with E-state index in [4.69, 9.17) is 0 Å². The fraction of sp³-hybridized carbons (Fsp3) is 0.400. The molecule has 1 unspecified atom stereocenters. The largest absolute Gasteiger partial charge is 0.370 e. The van der Waals surface area contributed by atoms with Crippen molar-refractivity contribution in [3.05, 3.63) is 35.2 Å². The molecule has 1 aliphatic heterocycles. The van der Waals surface area contributed by atoms with Crippen molar-refractivity contribution in [2.45, 2.75) is 12.5 Å². The van der Waals surface area contributed by atoms with Crippen LogP contribution in [0.3, 0.4) is 0 Å². The van der Waals surface area contributed by atoms with Crippen LogP contribution in [0.25, 0.3) is 11.3 Å². The number of rotatable bonds is 3. The van der Waals surface area contributed by atoms with Gasteiger partial charge >= 0.3 is 0 Å². The van der Waals surface area contributed by atoms with Gasteiger partial charge in [-0.15, -0.1) is 0 Å². The molecule has 0 aliphatic carbocycles. The highest BCUT2D eigenvalue weighted by Crippen LogP contribution is 2.27. The van der Waals surface area contributed by atoms with Crippen LogP contribution in [0.5, 0.6) is 0 Å². The number of anilines is 1. The fourth-order valence-corrected chi connectivity index (χ4v) is 3.23. The average molecular weight is 273 g/mol. The number of likely N-dealkylation sites (N-methyl/N-ethyl adjacent to an activating group) is 1. The SMILES string of the molecule is CN(C)C1CCN(c2ccnc(-c3ccsc3)c2)C1. The second-order valence-corrected chi connectivity index (χ2v) is 6.04. The normalized spacial score (nSPS) is 19.3. The Hall–Kier alpha value is -1.39. The van der Waals surface area contributed by atoms with Crippen molar-refractivity contribution in [3.63, 3.8) is 0 Å². The van der Waals surface area contributed by atoms with Crippen molar-refractivity contribution in [3.8, 4) is 11.3 Å². The third-order valence-corrected chi connectivity index (χ3v) is 4.50. The molecule has 0 radical (unpaired) electrons. The molecule has 0 N–H and O–H groups in total. The van der Waals surface area contributed by atoms with Crippen LogP contribution in [-0.4, -0.2) is 43.1 Å². The molecular weight excluding hydrogens is 254 g/mol. The van der Waals surface area contributed by atoms with E-state index in [1.54, 1.807) is 11.3 Å². The van der Waals surface area contributed by atoms with E-state index < -0.39 is 0 Å². The molecule has 100 valence electrons. The summed E-state index contributed by atoms with van der Waals surface area (Å²) in [6, 6.07) is 7.12. The topological polar surface area (TPSA) is 19.4 Å². The fourth-order valence-electron chi connectivity index (χ4n) is 2.58. The number of aromatic nitrogens is 1. The number of hydrogen-bond acceptors (Lipinski definition) is 4. The maximum absolute atomic E-state index is 4.48. The standard InChI is InChI=1S/C15H19N3S/c1-17(2)14-4-7-18(10-14)13-3-6-16-15(9-13)12-5-8-19-11-12/h3,5-6,8-9,11,14H,4,7,10H2,1-2H3. The highest BCUT2D eigenvalue weighted by molar-refractivity contribution is 7.08. The summed E-state index contributed by atoms with van der Waals surface area (Å²) in [4.78, 5) is 9.26. The smallest absolute Gasteiger partial charge is 0.0730 e. The van der Waals surface area contributed by atoms with E-state index in [9.17, 15) is 0 Å². The van der Waals surface area contributed by atoms with Crippen LogP contribution >= 0.6 is 11.3 Å².